The number of amides is 2. The first-order valence-electron chi connectivity index (χ1n) is 6.84. The summed E-state index contributed by atoms with van der Waals surface area (Å²) in [6.45, 7) is 4.09. The van der Waals surface area contributed by atoms with Crippen molar-refractivity contribution in [3.05, 3.63) is 29.3 Å². The molecule has 0 spiro atoms. The van der Waals surface area contributed by atoms with Gasteiger partial charge in [-0.25, -0.2) is 0 Å². The minimum Gasteiger partial charge on any atom is -0.484 e. The van der Waals surface area contributed by atoms with Gasteiger partial charge >= 0.3 is 0 Å². The minimum atomic E-state index is -0.622. The Bertz CT molecular complexity index is 504. The van der Waals surface area contributed by atoms with Crippen molar-refractivity contribution in [2.75, 3.05) is 25.6 Å². The Morgan fingerprint density at radius 3 is 2.32 bits per heavy atom. The molecule has 0 saturated heterocycles. The Balaban J connectivity index is 2.18. The van der Waals surface area contributed by atoms with Gasteiger partial charge in [-0.05, 0) is 38.1 Å². The fourth-order valence-electron chi connectivity index (χ4n) is 1.41. The van der Waals surface area contributed by atoms with Crippen LogP contribution in [-0.2, 0) is 9.59 Å². The first-order valence-corrected chi connectivity index (χ1v) is 7.76. The van der Waals surface area contributed by atoms with Gasteiger partial charge in [0.15, 0.2) is 6.61 Å². The Kier molecular flexibility index (Phi) is 7.48. The molecule has 1 rings (SSSR count). The summed E-state index contributed by atoms with van der Waals surface area (Å²) < 4.78 is 5.30. The van der Waals surface area contributed by atoms with Crippen molar-refractivity contribution >= 4 is 35.0 Å². The highest BCUT2D eigenvalue weighted by molar-refractivity contribution is 6.30. The fourth-order valence-corrected chi connectivity index (χ4v) is 1.66. The second-order valence-corrected chi connectivity index (χ2v) is 6.07. The van der Waals surface area contributed by atoms with Crippen molar-refractivity contribution in [2.45, 2.75) is 13.8 Å². The van der Waals surface area contributed by atoms with Crippen LogP contribution < -0.4 is 15.4 Å². The standard InChI is InChI=1S/C15H20Cl2N2O3/c1-15(2,10-16)14(21)19-8-7-18-13(20)9-22-12-5-3-11(17)4-6-12/h3-6H,7-10H2,1-2H3,(H,18,20)(H,19,21). The molecule has 0 aliphatic carbocycles. The zero-order valence-corrected chi connectivity index (χ0v) is 14.1. The van der Waals surface area contributed by atoms with E-state index in [1.54, 1.807) is 38.1 Å². The molecular formula is C15H20Cl2N2O3. The van der Waals surface area contributed by atoms with E-state index in [0.29, 0.717) is 23.9 Å². The van der Waals surface area contributed by atoms with Gasteiger partial charge in [-0.2, -0.15) is 0 Å². The first-order chi connectivity index (χ1) is 10.3. The second-order valence-electron chi connectivity index (χ2n) is 5.37. The maximum absolute atomic E-state index is 11.7. The van der Waals surface area contributed by atoms with Crippen LogP contribution in [-0.4, -0.2) is 37.4 Å². The molecule has 2 N–H and O–H groups in total. The molecule has 1 aromatic carbocycles. The normalized spacial score (nSPS) is 10.9. The molecular weight excluding hydrogens is 327 g/mol. The Hall–Kier alpha value is -1.46. The van der Waals surface area contributed by atoms with Gasteiger partial charge in [-0.15, -0.1) is 11.6 Å². The molecule has 0 saturated carbocycles. The van der Waals surface area contributed by atoms with E-state index in [1.165, 1.54) is 0 Å². The predicted molar refractivity (Wildman–Crippen MR) is 87.5 cm³/mol. The summed E-state index contributed by atoms with van der Waals surface area (Å²) in [6.07, 6.45) is 0. The third-order valence-corrected chi connectivity index (χ3v) is 3.79. The number of carbonyl (C=O) groups excluding carboxylic acids is 2. The molecule has 0 unspecified atom stereocenters. The average Bonchev–Trinajstić information content (AvgIpc) is 2.50. The largest absolute Gasteiger partial charge is 0.484 e. The molecule has 2 amide bonds. The lowest BCUT2D eigenvalue weighted by atomic mass is 9.95. The number of alkyl halides is 1. The van der Waals surface area contributed by atoms with E-state index in [2.05, 4.69) is 10.6 Å². The SMILES string of the molecule is CC(C)(CCl)C(=O)NCCNC(=O)COc1ccc(Cl)cc1. The third kappa shape index (κ3) is 6.54. The van der Waals surface area contributed by atoms with Crippen LogP contribution in [0.5, 0.6) is 5.75 Å². The van der Waals surface area contributed by atoms with Crippen LogP contribution in [0.3, 0.4) is 0 Å². The number of nitrogens with one attached hydrogen (secondary N) is 2. The number of carbonyl (C=O) groups is 2. The van der Waals surface area contributed by atoms with Crippen LogP contribution in [0.4, 0.5) is 0 Å². The van der Waals surface area contributed by atoms with Crippen LogP contribution in [0.15, 0.2) is 24.3 Å². The molecule has 22 heavy (non-hydrogen) atoms. The maximum Gasteiger partial charge on any atom is 0.258 e. The lowest BCUT2D eigenvalue weighted by Crippen LogP contribution is -2.42. The van der Waals surface area contributed by atoms with Gasteiger partial charge in [0.05, 0.1) is 5.41 Å². The number of ether oxygens (including phenoxy) is 1. The highest BCUT2D eigenvalue weighted by Crippen LogP contribution is 2.16. The van der Waals surface area contributed by atoms with Crippen molar-refractivity contribution in [1.29, 1.82) is 0 Å². The van der Waals surface area contributed by atoms with Gasteiger partial charge in [0, 0.05) is 24.0 Å². The molecule has 0 atom stereocenters. The lowest BCUT2D eigenvalue weighted by Gasteiger charge is -2.20. The van der Waals surface area contributed by atoms with E-state index in [9.17, 15) is 9.59 Å². The van der Waals surface area contributed by atoms with Crippen molar-refractivity contribution in [2.24, 2.45) is 5.41 Å². The summed E-state index contributed by atoms with van der Waals surface area (Å²) >= 11 is 11.5. The Morgan fingerprint density at radius 1 is 1.14 bits per heavy atom. The quantitative estimate of drug-likeness (QED) is 0.560. The molecule has 5 nitrogen and oxygen atoms in total. The smallest absolute Gasteiger partial charge is 0.258 e. The van der Waals surface area contributed by atoms with Crippen LogP contribution in [0.2, 0.25) is 5.02 Å². The summed E-state index contributed by atoms with van der Waals surface area (Å²) in [7, 11) is 0. The van der Waals surface area contributed by atoms with Gasteiger partial charge in [0.1, 0.15) is 5.75 Å². The van der Waals surface area contributed by atoms with E-state index in [-0.39, 0.29) is 24.3 Å². The zero-order valence-electron chi connectivity index (χ0n) is 12.6. The molecule has 0 radical (unpaired) electrons. The average molecular weight is 347 g/mol. The molecule has 0 fully saturated rings. The summed E-state index contributed by atoms with van der Waals surface area (Å²) in [4.78, 5) is 23.3. The molecule has 0 bridgehead atoms. The number of halogens is 2. The Labute approximate surface area is 140 Å². The molecule has 0 aliphatic heterocycles. The predicted octanol–water partition coefficient (Wildman–Crippen LogP) is 2.22. The fraction of sp³-hybridized carbons (Fsp3) is 0.467. The second kappa shape index (κ2) is 8.86. The number of hydrogen-bond donors (Lipinski definition) is 2. The zero-order chi connectivity index (χ0) is 16.6. The number of rotatable bonds is 8. The number of hydrogen-bond acceptors (Lipinski definition) is 3. The minimum absolute atomic E-state index is 0.0945. The van der Waals surface area contributed by atoms with Gasteiger partial charge in [-0.1, -0.05) is 11.6 Å². The summed E-state index contributed by atoms with van der Waals surface area (Å²) in [5, 5.41) is 5.97. The third-order valence-electron chi connectivity index (χ3n) is 2.87. The monoisotopic (exact) mass is 346 g/mol. The van der Waals surface area contributed by atoms with Crippen LogP contribution in [0.1, 0.15) is 13.8 Å². The molecule has 7 heteroatoms. The van der Waals surface area contributed by atoms with Crippen molar-refractivity contribution in [1.82, 2.24) is 10.6 Å². The van der Waals surface area contributed by atoms with Gasteiger partial charge in [-0.3, -0.25) is 9.59 Å². The summed E-state index contributed by atoms with van der Waals surface area (Å²) in [5.74, 6) is 0.395. The first kappa shape index (κ1) is 18.6. The highest BCUT2D eigenvalue weighted by atomic mass is 35.5. The Morgan fingerprint density at radius 2 is 1.73 bits per heavy atom. The lowest BCUT2D eigenvalue weighted by molar-refractivity contribution is -0.128. The molecule has 0 aromatic heterocycles. The molecule has 0 heterocycles. The number of benzene rings is 1. The maximum atomic E-state index is 11.7. The summed E-state index contributed by atoms with van der Waals surface area (Å²) in [5.41, 5.74) is -0.622. The van der Waals surface area contributed by atoms with E-state index in [0.717, 1.165) is 0 Å². The van der Waals surface area contributed by atoms with E-state index in [1.807, 2.05) is 0 Å². The van der Waals surface area contributed by atoms with Crippen LogP contribution in [0, 0.1) is 5.41 Å². The molecule has 0 aliphatic rings. The van der Waals surface area contributed by atoms with Gasteiger partial charge < -0.3 is 15.4 Å². The molecule has 122 valence electrons. The van der Waals surface area contributed by atoms with Gasteiger partial charge in [0.25, 0.3) is 5.91 Å². The van der Waals surface area contributed by atoms with E-state index in [4.69, 9.17) is 27.9 Å². The van der Waals surface area contributed by atoms with Gasteiger partial charge in [0.2, 0.25) is 5.91 Å². The topological polar surface area (TPSA) is 67.4 Å². The van der Waals surface area contributed by atoms with Crippen LogP contribution >= 0.6 is 23.2 Å². The van der Waals surface area contributed by atoms with E-state index < -0.39 is 5.41 Å². The van der Waals surface area contributed by atoms with Crippen molar-refractivity contribution in [3.63, 3.8) is 0 Å². The van der Waals surface area contributed by atoms with Crippen molar-refractivity contribution in [3.8, 4) is 5.75 Å². The summed E-state index contributed by atoms with van der Waals surface area (Å²) in [6, 6.07) is 6.74. The van der Waals surface area contributed by atoms with E-state index >= 15 is 0 Å². The van der Waals surface area contributed by atoms with Crippen molar-refractivity contribution < 1.29 is 14.3 Å². The highest BCUT2D eigenvalue weighted by Gasteiger charge is 2.25. The van der Waals surface area contributed by atoms with Crippen LogP contribution in [0.25, 0.3) is 0 Å². The molecule has 1 aromatic rings.